The van der Waals surface area contributed by atoms with Gasteiger partial charge in [0.15, 0.2) is 0 Å². The summed E-state index contributed by atoms with van der Waals surface area (Å²) in [6.07, 6.45) is 0.950. The number of carbonyl (C=O) groups excluding carboxylic acids is 1. The number of hydrogen-bond acceptors (Lipinski definition) is 3. The molecule has 1 unspecified atom stereocenters. The number of rotatable bonds is 5. The molecule has 14 heavy (non-hydrogen) atoms. The van der Waals surface area contributed by atoms with Crippen molar-refractivity contribution in [2.45, 2.75) is 58.2 Å². The smallest absolute Gasteiger partial charge is 0.237 e. The molecule has 0 aromatic heterocycles. The van der Waals surface area contributed by atoms with Crippen molar-refractivity contribution in [2.24, 2.45) is 5.73 Å². The van der Waals surface area contributed by atoms with E-state index in [0.29, 0.717) is 6.42 Å². The van der Waals surface area contributed by atoms with Gasteiger partial charge in [-0.05, 0) is 27.2 Å². The van der Waals surface area contributed by atoms with Crippen molar-refractivity contribution >= 4 is 5.91 Å². The van der Waals surface area contributed by atoms with E-state index in [-0.39, 0.29) is 5.91 Å². The molecule has 0 aliphatic heterocycles. The van der Waals surface area contributed by atoms with Crippen molar-refractivity contribution in [3.05, 3.63) is 0 Å². The predicted molar refractivity (Wildman–Crippen MR) is 56.8 cm³/mol. The summed E-state index contributed by atoms with van der Waals surface area (Å²) >= 11 is 0. The van der Waals surface area contributed by atoms with Crippen LogP contribution in [-0.2, 0) is 4.79 Å². The molecular formula is C10H22N2O2. The fourth-order valence-corrected chi connectivity index (χ4v) is 0.957. The van der Waals surface area contributed by atoms with Crippen LogP contribution in [0.1, 0.15) is 40.5 Å². The first-order chi connectivity index (χ1) is 6.31. The highest BCUT2D eigenvalue weighted by molar-refractivity contribution is 5.82. The van der Waals surface area contributed by atoms with Gasteiger partial charge in [-0.1, -0.05) is 13.3 Å². The van der Waals surface area contributed by atoms with Crippen LogP contribution in [0.4, 0.5) is 0 Å². The van der Waals surface area contributed by atoms with Crippen LogP contribution in [-0.4, -0.2) is 28.7 Å². The van der Waals surface area contributed by atoms with Crippen LogP contribution in [0.5, 0.6) is 0 Å². The molecule has 0 heterocycles. The largest absolute Gasteiger partial charge is 0.391 e. The van der Waals surface area contributed by atoms with Crippen LogP contribution in [0, 0.1) is 0 Å². The summed E-state index contributed by atoms with van der Waals surface area (Å²) < 4.78 is 0. The number of carbonyl (C=O) groups is 1. The lowest BCUT2D eigenvalue weighted by molar-refractivity contribution is -0.125. The standard InChI is InChI=1S/C10H22N2O2/c1-5-6-8(11)9(14)12-10(3,4)7(2)13/h7-8,13H,5-6,11H2,1-4H3,(H,12,14)/t7?,8-/m1/s1. The highest BCUT2D eigenvalue weighted by Gasteiger charge is 2.27. The van der Waals surface area contributed by atoms with E-state index < -0.39 is 17.7 Å². The summed E-state index contributed by atoms with van der Waals surface area (Å²) in [5.74, 6) is -0.197. The monoisotopic (exact) mass is 202 g/mol. The van der Waals surface area contributed by atoms with Crippen LogP contribution in [0.25, 0.3) is 0 Å². The van der Waals surface area contributed by atoms with E-state index in [2.05, 4.69) is 5.32 Å². The van der Waals surface area contributed by atoms with E-state index in [4.69, 9.17) is 5.73 Å². The summed E-state index contributed by atoms with van der Waals surface area (Å²) in [5.41, 5.74) is 5.02. The van der Waals surface area contributed by atoms with E-state index in [1.807, 2.05) is 6.92 Å². The molecule has 0 saturated heterocycles. The average molecular weight is 202 g/mol. The predicted octanol–water partition coefficient (Wildman–Crippen LogP) is 0.389. The molecule has 84 valence electrons. The van der Waals surface area contributed by atoms with E-state index in [0.717, 1.165) is 6.42 Å². The molecule has 0 bridgehead atoms. The second-order valence-electron chi connectivity index (χ2n) is 4.28. The minimum Gasteiger partial charge on any atom is -0.391 e. The molecule has 0 aliphatic carbocycles. The lowest BCUT2D eigenvalue weighted by Gasteiger charge is -2.30. The Morgan fingerprint density at radius 3 is 2.43 bits per heavy atom. The van der Waals surface area contributed by atoms with Gasteiger partial charge in [0.2, 0.25) is 5.91 Å². The number of nitrogens with two attached hydrogens (primary N) is 1. The third-order valence-corrected chi connectivity index (χ3v) is 2.43. The van der Waals surface area contributed by atoms with Crippen LogP contribution in [0.3, 0.4) is 0 Å². The number of hydrogen-bond donors (Lipinski definition) is 3. The van der Waals surface area contributed by atoms with Crippen LogP contribution >= 0.6 is 0 Å². The van der Waals surface area contributed by atoms with Gasteiger partial charge in [0, 0.05) is 0 Å². The topological polar surface area (TPSA) is 75.4 Å². The Labute approximate surface area is 85.9 Å². The first kappa shape index (κ1) is 13.4. The zero-order chi connectivity index (χ0) is 11.4. The summed E-state index contributed by atoms with van der Waals surface area (Å²) in [7, 11) is 0. The van der Waals surface area contributed by atoms with Gasteiger partial charge < -0.3 is 16.2 Å². The van der Waals surface area contributed by atoms with Gasteiger partial charge in [-0.3, -0.25) is 4.79 Å². The average Bonchev–Trinajstić information content (AvgIpc) is 2.03. The van der Waals surface area contributed by atoms with E-state index in [9.17, 15) is 9.90 Å². The second kappa shape index (κ2) is 5.32. The molecule has 0 radical (unpaired) electrons. The number of aliphatic hydroxyl groups is 1. The molecule has 4 heteroatoms. The summed E-state index contributed by atoms with van der Waals surface area (Å²) in [5, 5.41) is 12.1. The van der Waals surface area contributed by atoms with Crippen molar-refractivity contribution in [1.82, 2.24) is 5.32 Å². The van der Waals surface area contributed by atoms with Gasteiger partial charge in [0.05, 0.1) is 17.7 Å². The van der Waals surface area contributed by atoms with Gasteiger partial charge in [0.25, 0.3) is 0 Å². The first-order valence-electron chi connectivity index (χ1n) is 5.07. The molecule has 4 nitrogen and oxygen atoms in total. The summed E-state index contributed by atoms with van der Waals surface area (Å²) in [6, 6.07) is -0.474. The molecule has 0 aromatic carbocycles. The normalized spacial score (nSPS) is 16.1. The second-order valence-corrected chi connectivity index (χ2v) is 4.28. The lowest BCUT2D eigenvalue weighted by atomic mass is 9.98. The fraction of sp³-hybridized carbons (Fsp3) is 0.900. The van der Waals surface area contributed by atoms with E-state index in [1.165, 1.54) is 0 Å². The number of amides is 1. The van der Waals surface area contributed by atoms with Gasteiger partial charge in [-0.25, -0.2) is 0 Å². The van der Waals surface area contributed by atoms with Crippen LogP contribution in [0.2, 0.25) is 0 Å². The molecule has 2 atom stereocenters. The first-order valence-corrected chi connectivity index (χ1v) is 5.07. The third kappa shape index (κ3) is 4.07. The van der Waals surface area contributed by atoms with Crippen molar-refractivity contribution in [3.63, 3.8) is 0 Å². The van der Waals surface area contributed by atoms with Gasteiger partial charge in [-0.15, -0.1) is 0 Å². The van der Waals surface area contributed by atoms with Crippen molar-refractivity contribution < 1.29 is 9.90 Å². The minimum absolute atomic E-state index is 0.197. The number of aliphatic hydroxyl groups excluding tert-OH is 1. The molecule has 0 spiro atoms. The Hall–Kier alpha value is -0.610. The highest BCUT2D eigenvalue weighted by atomic mass is 16.3. The molecule has 0 rings (SSSR count). The minimum atomic E-state index is -0.623. The van der Waals surface area contributed by atoms with Gasteiger partial charge >= 0.3 is 0 Å². The zero-order valence-corrected chi connectivity index (χ0v) is 9.50. The lowest BCUT2D eigenvalue weighted by Crippen LogP contribution is -2.55. The molecule has 0 aromatic rings. The third-order valence-electron chi connectivity index (χ3n) is 2.43. The Morgan fingerprint density at radius 1 is 1.57 bits per heavy atom. The van der Waals surface area contributed by atoms with E-state index >= 15 is 0 Å². The molecule has 0 fully saturated rings. The van der Waals surface area contributed by atoms with Crippen molar-refractivity contribution in [3.8, 4) is 0 Å². The Balaban J connectivity index is 4.17. The molecule has 0 saturated carbocycles. The zero-order valence-electron chi connectivity index (χ0n) is 9.50. The Kier molecular flexibility index (Phi) is 5.08. The van der Waals surface area contributed by atoms with E-state index in [1.54, 1.807) is 20.8 Å². The highest BCUT2D eigenvalue weighted by Crippen LogP contribution is 2.08. The Bertz CT molecular complexity index is 191. The van der Waals surface area contributed by atoms with Crippen molar-refractivity contribution in [1.29, 1.82) is 0 Å². The Morgan fingerprint density at radius 2 is 2.07 bits per heavy atom. The quantitative estimate of drug-likeness (QED) is 0.603. The fourth-order valence-electron chi connectivity index (χ4n) is 0.957. The van der Waals surface area contributed by atoms with Gasteiger partial charge in [-0.2, -0.15) is 0 Å². The molecule has 4 N–H and O–H groups in total. The maximum atomic E-state index is 11.5. The van der Waals surface area contributed by atoms with Crippen molar-refractivity contribution in [2.75, 3.05) is 0 Å². The SMILES string of the molecule is CCC[C@@H](N)C(=O)NC(C)(C)C(C)O. The maximum Gasteiger partial charge on any atom is 0.237 e. The maximum absolute atomic E-state index is 11.5. The molecule has 1 amide bonds. The number of nitrogens with one attached hydrogen (secondary N) is 1. The van der Waals surface area contributed by atoms with Crippen LogP contribution in [0.15, 0.2) is 0 Å². The summed E-state index contributed by atoms with van der Waals surface area (Å²) in [6.45, 7) is 7.17. The molecule has 0 aliphatic rings. The van der Waals surface area contributed by atoms with Crippen LogP contribution < -0.4 is 11.1 Å². The van der Waals surface area contributed by atoms with Gasteiger partial charge in [0.1, 0.15) is 0 Å². The summed E-state index contributed by atoms with van der Waals surface area (Å²) in [4.78, 5) is 11.5. The molecular weight excluding hydrogens is 180 g/mol.